The van der Waals surface area contributed by atoms with Gasteiger partial charge in [-0.05, 0) is 19.8 Å². The van der Waals surface area contributed by atoms with Crippen LogP contribution in [-0.2, 0) is 14.3 Å². The standard InChI is InChI=1S/C11H18N2O6/c1-7(8-3-2-4-19-8)12-11(18)13(5-9(14)15)6-10(16)17/h7-8H,2-6H2,1H3,(H,12,18)(H,14,15)(H,16,17). The molecule has 0 radical (unpaired) electrons. The van der Waals surface area contributed by atoms with Gasteiger partial charge in [0.15, 0.2) is 0 Å². The topological polar surface area (TPSA) is 116 Å². The van der Waals surface area contributed by atoms with Crippen LogP contribution in [0.4, 0.5) is 4.79 Å². The number of amides is 2. The van der Waals surface area contributed by atoms with Crippen molar-refractivity contribution in [3.63, 3.8) is 0 Å². The van der Waals surface area contributed by atoms with Gasteiger partial charge in [0.2, 0.25) is 0 Å². The molecule has 108 valence electrons. The van der Waals surface area contributed by atoms with Crippen molar-refractivity contribution in [3.05, 3.63) is 0 Å². The lowest BCUT2D eigenvalue weighted by atomic mass is 10.1. The number of hydrogen-bond donors (Lipinski definition) is 3. The molecule has 1 rings (SSSR count). The number of hydrogen-bond acceptors (Lipinski definition) is 4. The van der Waals surface area contributed by atoms with Crippen LogP contribution in [0.15, 0.2) is 0 Å². The van der Waals surface area contributed by atoms with E-state index < -0.39 is 31.1 Å². The Balaban J connectivity index is 2.54. The molecule has 19 heavy (non-hydrogen) atoms. The van der Waals surface area contributed by atoms with Crippen LogP contribution in [0.5, 0.6) is 0 Å². The number of aliphatic carboxylic acids is 2. The first-order valence-electron chi connectivity index (χ1n) is 6.00. The van der Waals surface area contributed by atoms with Gasteiger partial charge in [-0.2, -0.15) is 0 Å². The minimum absolute atomic E-state index is 0.111. The summed E-state index contributed by atoms with van der Waals surface area (Å²) in [4.78, 5) is 33.7. The maximum absolute atomic E-state index is 11.8. The van der Waals surface area contributed by atoms with E-state index in [1.165, 1.54) is 0 Å². The van der Waals surface area contributed by atoms with Crippen LogP contribution in [0.3, 0.4) is 0 Å². The molecule has 1 heterocycles. The second-order valence-electron chi connectivity index (χ2n) is 4.43. The summed E-state index contributed by atoms with van der Waals surface area (Å²) in [6, 6.07) is -1.01. The summed E-state index contributed by atoms with van der Waals surface area (Å²) in [5.41, 5.74) is 0. The Morgan fingerprint density at radius 3 is 2.32 bits per heavy atom. The SMILES string of the molecule is CC(NC(=O)N(CC(=O)O)CC(=O)O)C1CCCO1. The minimum atomic E-state index is -1.26. The van der Waals surface area contributed by atoms with Gasteiger partial charge in [-0.25, -0.2) is 4.79 Å². The molecule has 0 aromatic rings. The smallest absolute Gasteiger partial charge is 0.323 e. The van der Waals surface area contributed by atoms with Gasteiger partial charge in [-0.15, -0.1) is 0 Å². The molecule has 2 unspecified atom stereocenters. The molecule has 3 N–H and O–H groups in total. The first-order valence-corrected chi connectivity index (χ1v) is 6.00. The molecule has 0 saturated carbocycles. The van der Waals surface area contributed by atoms with E-state index in [0.717, 1.165) is 17.7 Å². The molecule has 8 heteroatoms. The summed E-state index contributed by atoms with van der Waals surface area (Å²) in [7, 11) is 0. The van der Waals surface area contributed by atoms with Gasteiger partial charge in [0.25, 0.3) is 0 Å². The largest absolute Gasteiger partial charge is 0.480 e. The maximum atomic E-state index is 11.8. The predicted molar refractivity (Wildman–Crippen MR) is 63.8 cm³/mol. The Bertz CT molecular complexity index is 337. The lowest BCUT2D eigenvalue weighted by Crippen LogP contribution is -2.50. The second-order valence-corrected chi connectivity index (χ2v) is 4.43. The monoisotopic (exact) mass is 274 g/mol. The van der Waals surface area contributed by atoms with Crippen molar-refractivity contribution in [2.24, 2.45) is 0 Å². The molecule has 0 aromatic carbocycles. The maximum Gasteiger partial charge on any atom is 0.323 e. The summed E-state index contributed by atoms with van der Waals surface area (Å²) in [5.74, 6) is -2.53. The molecule has 0 aliphatic carbocycles. The Morgan fingerprint density at radius 1 is 1.32 bits per heavy atom. The van der Waals surface area contributed by atoms with Crippen LogP contribution in [0.25, 0.3) is 0 Å². The quantitative estimate of drug-likeness (QED) is 0.614. The molecule has 2 atom stereocenters. The minimum Gasteiger partial charge on any atom is -0.480 e. The zero-order valence-corrected chi connectivity index (χ0v) is 10.7. The number of rotatable bonds is 6. The van der Waals surface area contributed by atoms with E-state index >= 15 is 0 Å². The Kier molecular flexibility index (Phi) is 5.56. The number of carbonyl (C=O) groups excluding carboxylic acids is 1. The molecule has 1 saturated heterocycles. The van der Waals surface area contributed by atoms with Crippen molar-refractivity contribution in [2.75, 3.05) is 19.7 Å². The van der Waals surface area contributed by atoms with Crippen LogP contribution < -0.4 is 5.32 Å². The average molecular weight is 274 g/mol. The third kappa shape index (κ3) is 5.12. The number of carbonyl (C=O) groups is 3. The Hall–Kier alpha value is -1.83. The molecule has 1 aliphatic heterocycles. The number of urea groups is 1. The Morgan fingerprint density at radius 2 is 1.89 bits per heavy atom. The molecule has 0 spiro atoms. The van der Waals surface area contributed by atoms with Crippen LogP contribution in [0.2, 0.25) is 0 Å². The van der Waals surface area contributed by atoms with Crippen molar-refractivity contribution in [1.82, 2.24) is 10.2 Å². The fourth-order valence-electron chi connectivity index (χ4n) is 1.90. The normalized spacial score (nSPS) is 19.7. The third-order valence-corrected chi connectivity index (χ3v) is 2.81. The van der Waals surface area contributed by atoms with Gasteiger partial charge in [-0.1, -0.05) is 0 Å². The number of nitrogens with zero attached hydrogens (tertiary/aromatic N) is 1. The summed E-state index contributed by atoms with van der Waals surface area (Å²) in [5, 5.41) is 19.9. The van der Waals surface area contributed by atoms with E-state index in [2.05, 4.69) is 5.32 Å². The number of ether oxygens (including phenoxy) is 1. The summed E-state index contributed by atoms with van der Waals surface area (Å²) in [6.07, 6.45) is 1.62. The van der Waals surface area contributed by atoms with Crippen LogP contribution in [-0.4, -0.2) is 64.9 Å². The number of nitrogens with one attached hydrogen (secondary N) is 1. The third-order valence-electron chi connectivity index (χ3n) is 2.81. The molecule has 0 bridgehead atoms. The molecule has 2 amide bonds. The molecule has 1 aliphatic rings. The highest BCUT2D eigenvalue weighted by molar-refractivity contribution is 5.84. The van der Waals surface area contributed by atoms with E-state index in [9.17, 15) is 14.4 Å². The van der Waals surface area contributed by atoms with Crippen LogP contribution in [0.1, 0.15) is 19.8 Å². The second kappa shape index (κ2) is 6.93. The lowest BCUT2D eigenvalue weighted by molar-refractivity contribution is -0.140. The molecule has 0 aromatic heterocycles. The van der Waals surface area contributed by atoms with Crippen molar-refractivity contribution in [2.45, 2.75) is 31.9 Å². The van der Waals surface area contributed by atoms with Gasteiger partial charge in [0.05, 0.1) is 12.1 Å². The van der Waals surface area contributed by atoms with Crippen molar-refractivity contribution in [1.29, 1.82) is 0 Å². The van der Waals surface area contributed by atoms with Crippen molar-refractivity contribution in [3.8, 4) is 0 Å². The molecule has 8 nitrogen and oxygen atoms in total. The predicted octanol–water partition coefficient (Wildman–Crippen LogP) is -0.265. The summed E-state index contributed by atoms with van der Waals surface area (Å²) in [6.45, 7) is 1.07. The van der Waals surface area contributed by atoms with Gasteiger partial charge >= 0.3 is 18.0 Å². The lowest BCUT2D eigenvalue weighted by Gasteiger charge is -2.25. The number of carboxylic acids is 2. The van der Waals surface area contributed by atoms with E-state index in [-0.39, 0.29) is 12.1 Å². The average Bonchev–Trinajstić information content (AvgIpc) is 2.79. The van der Waals surface area contributed by atoms with Gasteiger partial charge in [0.1, 0.15) is 13.1 Å². The molecule has 1 fully saturated rings. The zero-order valence-electron chi connectivity index (χ0n) is 10.7. The number of carboxylic acid groups (broad SMARTS) is 2. The van der Waals surface area contributed by atoms with Crippen LogP contribution in [0, 0.1) is 0 Å². The van der Waals surface area contributed by atoms with E-state index in [4.69, 9.17) is 14.9 Å². The summed E-state index contributed by atoms with van der Waals surface area (Å²) >= 11 is 0. The fraction of sp³-hybridized carbons (Fsp3) is 0.727. The van der Waals surface area contributed by atoms with Crippen molar-refractivity contribution >= 4 is 18.0 Å². The first-order chi connectivity index (χ1) is 8.90. The van der Waals surface area contributed by atoms with Crippen LogP contribution >= 0.6 is 0 Å². The van der Waals surface area contributed by atoms with E-state index in [0.29, 0.717) is 6.61 Å². The highest BCUT2D eigenvalue weighted by atomic mass is 16.5. The van der Waals surface area contributed by atoms with Gasteiger partial charge in [-0.3, -0.25) is 9.59 Å². The highest BCUT2D eigenvalue weighted by Gasteiger charge is 2.26. The van der Waals surface area contributed by atoms with Gasteiger partial charge in [0, 0.05) is 6.61 Å². The highest BCUT2D eigenvalue weighted by Crippen LogP contribution is 2.15. The molecular formula is C11H18N2O6. The van der Waals surface area contributed by atoms with E-state index in [1.807, 2.05) is 0 Å². The zero-order chi connectivity index (χ0) is 14.4. The Labute approximate surface area is 110 Å². The summed E-state index contributed by atoms with van der Waals surface area (Å²) < 4.78 is 5.39. The van der Waals surface area contributed by atoms with E-state index in [1.54, 1.807) is 6.92 Å². The van der Waals surface area contributed by atoms with Gasteiger partial charge < -0.3 is 25.2 Å². The molecular weight excluding hydrogens is 256 g/mol. The fourth-order valence-corrected chi connectivity index (χ4v) is 1.90. The first kappa shape index (κ1) is 15.2. The van der Waals surface area contributed by atoms with Crippen molar-refractivity contribution < 1.29 is 29.3 Å².